The molecular weight excluding hydrogens is 260 g/mol. The molecule has 0 amide bonds. The van der Waals surface area contributed by atoms with Gasteiger partial charge in [-0.2, -0.15) is 0 Å². The Kier molecular flexibility index (Phi) is 6.07. The number of likely N-dealkylation sites (N-methyl/N-ethyl adjacent to an activating group) is 2. The summed E-state index contributed by atoms with van der Waals surface area (Å²) in [4.78, 5) is 2.62. The van der Waals surface area contributed by atoms with Gasteiger partial charge in [-0.3, -0.25) is 4.90 Å². The first kappa shape index (κ1) is 16.3. The zero-order valence-electron chi connectivity index (χ0n) is 13.9. The molecule has 1 aromatic rings. The maximum absolute atomic E-state index is 5.27. The summed E-state index contributed by atoms with van der Waals surface area (Å²) >= 11 is 0. The number of hydrogen-bond donors (Lipinski definition) is 1. The van der Waals surface area contributed by atoms with Crippen molar-refractivity contribution < 1.29 is 4.74 Å². The van der Waals surface area contributed by atoms with Crippen LogP contribution in [0.3, 0.4) is 0 Å². The highest BCUT2D eigenvalue weighted by molar-refractivity contribution is 5.29. The number of hydrogen-bond acceptors (Lipinski definition) is 3. The Bertz CT molecular complexity index is 414. The van der Waals surface area contributed by atoms with E-state index < -0.39 is 0 Å². The van der Waals surface area contributed by atoms with Gasteiger partial charge in [-0.25, -0.2) is 0 Å². The van der Waals surface area contributed by atoms with Gasteiger partial charge in [-0.05, 0) is 56.5 Å². The molecule has 1 N–H and O–H groups in total. The van der Waals surface area contributed by atoms with Gasteiger partial charge >= 0.3 is 0 Å². The molecule has 2 unspecified atom stereocenters. The minimum Gasteiger partial charge on any atom is -0.497 e. The molecule has 1 aliphatic carbocycles. The lowest BCUT2D eigenvalue weighted by atomic mass is 9.98. The lowest BCUT2D eigenvalue weighted by molar-refractivity contribution is 0.171. The number of rotatable bonds is 9. The Balaban J connectivity index is 2.10. The van der Waals surface area contributed by atoms with Crippen molar-refractivity contribution >= 4 is 0 Å². The molecule has 1 fully saturated rings. The molecule has 1 saturated carbocycles. The van der Waals surface area contributed by atoms with Crippen LogP contribution in [0.5, 0.6) is 5.75 Å². The minimum atomic E-state index is 0.375. The van der Waals surface area contributed by atoms with E-state index in [1.165, 1.54) is 24.9 Å². The average molecular weight is 290 g/mol. The zero-order valence-corrected chi connectivity index (χ0v) is 13.9. The summed E-state index contributed by atoms with van der Waals surface area (Å²) in [6.07, 6.45) is 2.83. The molecule has 0 saturated heterocycles. The maximum atomic E-state index is 5.27. The second-order valence-electron chi connectivity index (χ2n) is 6.08. The van der Waals surface area contributed by atoms with E-state index in [9.17, 15) is 0 Å². The first-order valence-corrected chi connectivity index (χ1v) is 8.30. The predicted octanol–water partition coefficient (Wildman–Crippen LogP) is 3.47. The van der Waals surface area contributed by atoms with Crippen molar-refractivity contribution in [3.63, 3.8) is 0 Å². The highest BCUT2D eigenvalue weighted by atomic mass is 16.5. The monoisotopic (exact) mass is 290 g/mol. The lowest BCUT2D eigenvalue weighted by Gasteiger charge is -2.35. The van der Waals surface area contributed by atoms with Gasteiger partial charge in [0.1, 0.15) is 5.75 Å². The van der Waals surface area contributed by atoms with Crippen LogP contribution in [0, 0.1) is 5.92 Å². The van der Waals surface area contributed by atoms with Crippen molar-refractivity contribution in [2.45, 2.75) is 45.7 Å². The molecule has 1 aliphatic rings. The number of nitrogens with one attached hydrogen (secondary N) is 1. The standard InChI is InChI=1S/C18H30N2O/c1-5-19-18(16-9-11-17(21-4)12-10-16)14(3)20(6-2)13-15-7-8-15/h9-12,14-15,18-19H,5-8,13H2,1-4H3. The minimum absolute atomic E-state index is 0.375. The van der Waals surface area contributed by atoms with E-state index in [0.29, 0.717) is 12.1 Å². The normalized spacial score (nSPS) is 17.8. The fraction of sp³-hybridized carbons (Fsp3) is 0.667. The fourth-order valence-electron chi connectivity index (χ4n) is 3.02. The van der Waals surface area contributed by atoms with E-state index >= 15 is 0 Å². The summed E-state index contributed by atoms with van der Waals surface area (Å²) < 4.78 is 5.27. The van der Waals surface area contributed by atoms with Crippen molar-refractivity contribution in [3.05, 3.63) is 29.8 Å². The topological polar surface area (TPSA) is 24.5 Å². The number of methoxy groups -OCH3 is 1. The SMILES string of the molecule is CCNC(c1ccc(OC)cc1)C(C)N(CC)CC1CC1. The highest BCUT2D eigenvalue weighted by Crippen LogP contribution is 2.32. The van der Waals surface area contributed by atoms with E-state index in [-0.39, 0.29) is 0 Å². The Labute approximate surface area is 129 Å². The molecular formula is C18H30N2O. The molecule has 3 heteroatoms. The smallest absolute Gasteiger partial charge is 0.118 e. The van der Waals surface area contributed by atoms with Gasteiger partial charge in [0.25, 0.3) is 0 Å². The van der Waals surface area contributed by atoms with Crippen LogP contribution < -0.4 is 10.1 Å². The predicted molar refractivity (Wildman–Crippen MR) is 88.8 cm³/mol. The van der Waals surface area contributed by atoms with Crippen molar-refractivity contribution in [3.8, 4) is 5.75 Å². The molecule has 21 heavy (non-hydrogen) atoms. The fourth-order valence-corrected chi connectivity index (χ4v) is 3.02. The third-order valence-electron chi connectivity index (χ3n) is 4.55. The molecule has 2 rings (SSSR count). The van der Waals surface area contributed by atoms with Crippen LogP contribution in [0.2, 0.25) is 0 Å². The molecule has 0 aliphatic heterocycles. The summed E-state index contributed by atoms with van der Waals surface area (Å²) in [6, 6.07) is 9.37. The summed E-state index contributed by atoms with van der Waals surface area (Å²) in [5.74, 6) is 1.86. The lowest BCUT2D eigenvalue weighted by Crippen LogP contribution is -2.43. The molecule has 3 nitrogen and oxygen atoms in total. The van der Waals surface area contributed by atoms with Crippen LogP contribution in [0.4, 0.5) is 0 Å². The van der Waals surface area contributed by atoms with E-state index in [4.69, 9.17) is 4.74 Å². The van der Waals surface area contributed by atoms with Crippen LogP contribution in [-0.2, 0) is 0 Å². The van der Waals surface area contributed by atoms with Gasteiger partial charge in [0.05, 0.1) is 7.11 Å². The van der Waals surface area contributed by atoms with Crippen molar-refractivity contribution in [1.29, 1.82) is 0 Å². The third-order valence-corrected chi connectivity index (χ3v) is 4.55. The third kappa shape index (κ3) is 4.45. The first-order valence-electron chi connectivity index (χ1n) is 8.30. The molecule has 0 spiro atoms. The van der Waals surface area contributed by atoms with Gasteiger partial charge in [-0.15, -0.1) is 0 Å². The van der Waals surface area contributed by atoms with Gasteiger partial charge in [0.2, 0.25) is 0 Å². The van der Waals surface area contributed by atoms with Crippen LogP contribution in [0.1, 0.15) is 45.2 Å². The van der Waals surface area contributed by atoms with Gasteiger partial charge < -0.3 is 10.1 Å². The number of nitrogens with zero attached hydrogens (tertiary/aromatic N) is 1. The molecule has 0 heterocycles. The van der Waals surface area contributed by atoms with E-state index in [2.05, 4.69) is 55.3 Å². The van der Waals surface area contributed by atoms with Crippen LogP contribution in [0.25, 0.3) is 0 Å². The Morgan fingerprint density at radius 1 is 1.24 bits per heavy atom. The maximum Gasteiger partial charge on any atom is 0.118 e. The Morgan fingerprint density at radius 2 is 1.90 bits per heavy atom. The molecule has 0 radical (unpaired) electrons. The van der Waals surface area contributed by atoms with E-state index in [1.807, 2.05) is 0 Å². The second kappa shape index (κ2) is 7.81. The van der Waals surface area contributed by atoms with Gasteiger partial charge in [0.15, 0.2) is 0 Å². The molecule has 118 valence electrons. The largest absolute Gasteiger partial charge is 0.497 e. The zero-order chi connectivity index (χ0) is 15.2. The quantitative estimate of drug-likeness (QED) is 0.753. The van der Waals surface area contributed by atoms with Gasteiger partial charge in [-0.1, -0.05) is 26.0 Å². The average Bonchev–Trinajstić information content (AvgIpc) is 3.34. The Hall–Kier alpha value is -1.06. The van der Waals surface area contributed by atoms with Crippen LogP contribution >= 0.6 is 0 Å². The summed E-state index contributed by atoms with van der Waals surface area (Å²) in [5, 5.41) is 3.66. The summed E-state index contributed by atoms with van der Waals surface area (Å²) in [6.45, 7) is 10.2. The molecule has 0 bridgehead atoms. The van der Waals surface area contributed by atoms with E-state index in [1.54, 1.807) is 7.11 Å². The van der Waals surface area contributed by atoms with Gasteiger partial charge in [0, 0.05) is 18.6 Å². The van der Waals surface area contributed by atoms with E-state index in [0.717, 1.165) is 24.8 Å². The summed E-state index contributed by atoms with van der Waals surface area (Å²) in [5.41, 5.74) is 1.35. The number of ether oxygens (including phenoxy) is 1. The second-order valence-corrected chi connectivity index (χ2v) is 6.08. The summed E-state index contributed by atoms with van der Waals surface area (Å²) in [7, 11) is 1.72. The number of benzene rings is 1. The highest BCUT2D eigenvalue weighted by Gasteiger charge is 2.29. The van der Waals surface area contributed by atoms with Crippen molar-refractivity contribution in [2.24, 2.45) is 5.92 Å². The molecule has 2 atom stereocenters. The molecule has 0 aromatic heterocycles. The van der Waals surface area contributed by atoms with Crippen molar-refractivity contribution in [2.75, 3.05) is 26.7 Å². The van der Waals surface area contributed by atoms with Crippen molar-refractivity contribution in [1.82, 2.24) is 10.2 Å². The van der Waals surface area contributed by atoms with Crippen LogP contribution in [0.15, 0.2) is 24.3 Å². The molecule has 1 aromatic carbocycles. The first-order chi connectivity index (χ1) is 10.2. The van der Waals surface area contributed by atoms with Crippen LogP contribution in [-0.4, -0.2) is 37.7 Å². The Morgan fingerprint density at radius 3 is 2.38 bits per heavy atom.